The van der Waals surface area contributed by atoms with Gasteiger partial charge in [0.1, 0.15) is 11.4 Å². The summed E-state index contributed by atoms with van der Waals surface area (Å²) in [4.78, 5) is 14.4. The Bertz CT molecular complexity index is 771. The predicted octanol–water partition coefficient (Wildman–Crippen LogP) is 2.60. The maximum Gasteiger partial charge on any atom is 0.317 e. The number of ether oxygens (including phenoxy) is 1. The van der Waals surface area contributed by atoms with Gasteiger partial charge >= 0.3 is 6.03 Å². The van der Waals surface area contributed by atoms with Gasteiger partial charge in [-0.05, 0) is 37.0 Å². The van der Waals surface area contributed by atoms with Crippen molar-refractivity contribution in [1.82, 2.24) is 20.4 Å². The Balaban J connectivity index is 1.37. The molecule has 0 bridgehead atoms. The van der Waals surface area contributed by atoms with Crippen molar-refractivity contribution >= 4 is 12.1 Å². The lowest BCUT2D eigenvalue weighted by molar-refractivity contribution is 0.0415. The van der Waals surface area contributed by atoms with Crippen molar-refractivity contribution in [3.05, 3.63) is 53.9 Å². The molecule has 0 aliphatic carbocycles. The number of piperidine rings is 1. The van der Waals surface area contributed by atoms with Crippen LogP contribution in [0, 0.1) is 0 Å². The van der Waals surface area contributed by atoms with Crippen molar-refractivity contribution in [2.24, 2.45) is 0 Å². The van der Waals surface area contributed by atoms with E-state index in [1.165, 1.54) is 0 Å². The average molecular weight is 338 g/mol. The van der Waals surface area contributed by atoms with E-state index >= 15 is 0 Å². The number of nitrogens with one attached hydrogen (secondary N) is 2. The van der Waals surface area contributed by atoms with E-state index in [4.69, 9.17) is 4.74 Å². The Morgan fingerprint density at radius 1 is 1.40 bits per heavy atom. The molecule has 0 saturated carbocycles. The monoisotopic (exact) mass is 338 g/mol. The molecule has 2 N–H and O–H groups in total. The fourth-order valence-corrected chi connectivity index (χ4v) is 3.49. The van der Waals surface area contributed by atoms with Crippen LogP contribution in [0.3, 0.4) is 0 Å². The van der Waals surface area contributed by atoms with Crippen LogP contribution in [0.2, 0.25) is 0 Å². The summed E-state index contributed by atoms with van der Waals surface area (Å²) >= 11 is 0. The van der Waals surface area contributed by atoms with Crippen molar-refractivity contribution < 1.29 is 9.53 Å². The first-order valence-corrected chi connectivity index (χ1v) is 8.72. The molecule has 3 heterocycles. The Labute approximate surface area is 146 Å². The summed E-state index contributed by atoms with van der Waals surface area (Å²) in [6.45, 7) is 1.94. The number of hydrogen-bond acceptors (Lipinski definition) is 3. The zero-order chi connectivity index (χ0) is 17.1. The number of aromatic nitrogens is 2. The number of H-pyrrole nitrogens is 1. The maximum absolute atomic E-state index is 12.5. The number of carbonyl (C=O) groups excluding carboxylic acids is 1. The number of fused-ring (bicyclic) bond motifs is 1. The van der Waals surface area contributed by atoms with Gasteiger partial charge in [0.2, 0.25) is 0 Å². The summed E-state index contributed by atoms with van der Waals surface area (Å²) in [6.07, 6.45) is 10.5. The van der Waals surface area contributed by atoms with Crippen molar-refractivity contribution in [2.75, 3.05) is 19.6 Å². The van der Waals surface area contributed by atoms with Gasteiger partial charge in [0.25, 0.3) is 0 Å². The minimum absolute atomic E-state index is 0.0292. The first-order valence-electron chi connectivity index (χ1n) is 8.72. The number of amides is 2. The van der Waals surface area contributed by atoms with Gasteiger partial charge in [-0.3, -0.25) is 5.10 Å². The number of carbonyl (C=O) groups is 1. The van der Waals surface area contributed by atoms with E-state index < -0.39 is 5.60 Å². The van der Waals surface area contributed by atoms with E-state index in [9.17, 15) is 4.79 Å². The van der Waals surface area contributed by atoms with Crippen LogP contribution >= 0.6 is 0 Å². The number of urea groups is 1. The number of rotatable bonds is 3. The summed E-state index contributed by atoms with van der Waals surface area (Å²) in [5, 5.41) is 9.69. The van der Waals surface area contributed by atoms with Crippen LogP contribution < -0.4 is 10.1 Å². The van der Waals surface area contributed by atoms with Gasteiger partial charge in [-0.2, -0.15) is 5.10 Å². The molecule has 1 aromatic carbocycles. The van der Waals surface area contributed by atoms with E-state index in [1.54, 1.807) is 6.20 Å². The molecule has 1 saturated heterocycles. The van der Waals surface area contributed by atoms with Gasteiger partial charge < -0.3 is 15.0 Å². The van der Waals surface area contributed by atoms with E-state index in [-0.39, 0.29) is 6.03 Å². The van der Waals surface area contributed by atoms with Gasteiger partial charge in [0.15, 0.2) is 0 Å². The molecule has 2 aliphatic heterocycles. The largest absolute Gasteiger partial charge is 0.481 e. The zero-order valence-electron chi connectivity index (χ0n) is 14.1. The SMILES string of the molecule is O=C(NCCc1cn[nH]c1)N1CCCC2(C=Cc3ccccc3O2)C1. The van der Waals surface area contributed by atoms with Crippen LogP contribution in [0.4, 0.5) is 4.79 Å². The fraction of sp³-hybridized carbons (Fsp3) is 0.368. The van der Waals surface area contributed by atoms with Gasteiger partial charge in [-0.25, -0.2) is 4.79 Å². The lowest BCUT2D eigenvalue weighted by Crippen LogP contribution is -2.55. The van der Waals surface area contributed by atoms with Crippen molar-refractivity contribution in [3.8, 4) is 5.75 Å². The third-order valence-corrected chi connectivity index (χ3v) is 4.82. The minimum Gasteiger partial charge on any atom is -0.481 e. The molecule has 2 amide bonds. The Morgan fingerprint density at radius 2 is 2.32 bits per heavy atom. The van der Waals surface area contributed by atoms with Crippen molar-refractivity contribution in [1.29, 1.82) is 0 Å². The quantitative estimate of drug-likeness (QED) is 0.904. The fourth-order valence-electron chi connectivity index (χ4n) is 3.49. The third-order valence-electron chi connectivity index (χ3n) is 4.82. The van der Waals surface area contributed by atoms with E-state index in [0.29, 0.717) is 13.1 Å². The first kappa shape index (κ1) is 15.7. The molecule has 130 valence electrons. The Morgan fingerprint density at radius 3 is 3.20 bits per heavy atom. The summed E-state index contributed by atoms with van der Waals surface area (Å²) < 4.78 is 6.28. The molecule has 6 heteroatoms. The number of aromatic amines is 1. The molecule has 2 aliphatic rings. The molecule has 25 heavy (non-hydrogen) atoms. The maximum atomic E-state index is 12.5. The smallest absolute Gasteiger partial charge is 0.317 e. The third kappa shape index (κ3) is 3.38. The molecule has 0 radical (unpaired) electrons. The second kappa shape index (κ2) is 6.63. The van der Waals surface area contributed by atoms with Crippen molar-refractivity contribution in [2.45, 2.75) is 24.9 Å². The number of hydrogen-bond donors (Lipinski definition) is 2. The van der Waals surface area contributed by atoms with E-state index in [2.05, 4.69) is 27.7 Å². The Hall–Kier alpha value is -2.76. The van der Waals surface area contributed by atoms with Gasteiger partial charge in [-0.15, -0.1) is 0 Å². The molecule has 1 atom stereocenters. The number of para-hydroxylation sites is 1. The van der Waals surface area contributed by atoms with Gasteiger partial charge in [0, 0.05) is 24.8 Å². The number of likely N-dealkylation sites (tertiary alicyclic amines) is 1. The average Bonchev–Trinajstić information content (AvgIpc) is 3.15. The molecule has 1 aromatic heterocycles. The van der Waals surface area contributed by atoms with Crippen LogP contribution in [-0.2, 0) is 6.42 Å². The minimum atomic E-state index is -0.408. The highest BCUT2D eigenvalue weighted by Gasteiger charge is 2.39. The molecule has 1 spiro atoms. The van der Waals surface area contributed by atoms with E-state index in [0.717, 1.165) is 42.7 Å². The molecular formula is C19H22N4O2. The molecule has 4 rings (SSSR count). The highest BCUT2D eigenvalue weighted by molar-refractivity contribution is 5.74. The molecule has 1 fully saturated rings. The molecule has 6 nitrogen and oxygen atoms in total. The van der Waals surface area contributed by atoms with Crippen LogP contribution in [0.15, 0.2) is 42.7 Å². The van der Waals surface area contributed by atoms with Crippen LogP contribution in [0.5, 0.6) is 5.75 Å². The van der Waals surface area contributed by atoms with Gasteiger partial charge in [-0.1, -0.05) is 24.3 Å². The predicted molar refractivity (Wildman–Crippen MR) is 95.3 cm³/mol. The zero-order valence-corrected chi connectivity index (χ0v) is 14.1. The summed E-state index contributed by atoms with van der Waals surface area (Å²) in [6, 6.07) is 7.99. The van der Waals surface area contributed by atoms with Crippen LogP contribution in [0.25, 0.3) is 6.08 Å². The topological polar surface area (TPSA) is 70.2 Å². The second-order valence-electron chi connectivity index (χ2n) is 6.65. The lowest BCUT2D eigenvalue weighted by Gasteiger charge is -2.42. The van der Waals surface area contributed by atoms with Crippen LogP contribution in [0.1, 0.15) is 24.0 Å². The summed E-state index contributed by atoms with van der Waals surface area (Å²) in [5.41, 5.74) is 1.77. The highest BCUT2D eigenvalue weighted by atomic mass is 16.5. The number of benzene rings is 1. The second-order valence-corrected chi connectivity index (χ2v) is 6.65. The number of nitrogens with zero attached hydrogens (tertiary/aromatic N) is 2. The lowest BCUT2D eigenvalue weighted by atomic mass is 9.89. The summed E-state index contributed by atoms with van der Waals surface area (Å²) in [7, 11) is 0. The highest BCUT2D eigenvalue weighted by Crippen LogP contribution is 2.35. The standard InChI is InChI=1S/C19H22N4O2/c24-18(20-10-7-15-12-21-22-13-15)23-11-3-8-19(14-23)9-6-16-4-1-2-5-17(16)25-19/h1-2,4-6,9,12-13H,3,7-8,10-11,14H2,(H,20,24)(H,21,22). The van der Waals surface area contributed by atoms with Crippen molar-refractivity contribution in [3.63, 3.8) is 0 Å². The van der Waals surface area contributed by atoms with Gasteiger partial charge in [0.05, 0.1) is 12.7 Å². The Kier molecular flexibility index (Phi) is 4.17. The first-order chi connectivity index (χ1) is 12.2. The summed E-state index contributed by atoms with van der Waals surface area (Å²) in [5.74, 6) is 0.896. The van der Waals surface area contributed by atoms with E-state index in [1.807, 2.05) is 35.4 Å². The van der Waals surface area contributed by atoms with Crippen LogP contribution in [-0.4, -0.2) is 46.4 Å². The molecule has 1 unspecified atom stereocenters. The molecule has 2 aromatic rings. The molecular weight excluding hydrogens is 316 g/mol. The normalized spacial score (nSPS) is 21.7.